The van der Waals surface area contributed by atoms with E-state index >= 15 is 0 Å². The van der Waals surface area contributed by atoms with Crippen molar-refractivity contribution in [3.8, 4) is 0 Å². The molecule has 0 spiro atoms. The van der Waals surface area contributed by atoms with Crippen LogP contribution in [0.4, 0.5) is 10.2 Å². The van der Waals surface area contributed by atoms with E-state index in [0.29, 0.717) is 12.4 Å². The fourth-order valence-electron chi connectivity index (χ4n) is 1.45. The molecule has 1 aliphatic rings. The van der Waals surface area contributed by atoms with Gasteiger partial charge in [-0.15, -0.1) is 0 Å². The Morgan fingerprint density at radius 2 is 2.29 bits per heavy atom. The van der Waals surface area contributed by atoms with Crippen LogP contribution in [-0.2, 0) is 0 Å². The molecule has 1 aromatic heterocycles. The van der Waals surface area contributed by atoms with Crippen molar-refractivity contribution in [2.75, 3.05) is 11.9 Å². The summed E-state index contributed by atoms with van der Waals surface area (Å²) in [5.74, 6) is -0.152. The minimum absolute atomic E-state index is 0.415. The Bertz CT molecular complexity index is 328. The molecule has 0 radical (unpaired) electrons. The number of halogens is 1. The molecule has 14 heavy (non-hydrogen) atoms. The van der Waals surface area contributed by atoms with Gasteiger partial charge in [0.1, 0.15) is 12.1 Å². The number of aromatic nitrogens is 2. The quantitative estimate of drug-likeness (QED) is 0.708. The summed E-state index contributed by atoms with van der Waals surface area (Å²) >= 11 is 0. The molecule has 1 aromatic rings. The standard InChI is InChI=1S/C9H12FN3O/c10-7-4-8(13-6-12-7)11-5-9(14)2-1-3-9/h4,6,14H,1-3,5H2,(H,11,12,13). The largest absolute Gasteiger partial charge is 0.388 e. The Hall–Kier alpha value is -1.23. The lowest BCUT2D eigenvalue weighted by atomic mass is 9.80. The number of aliphatic hydroxyl groups is 1. The topological polar surface area (TPSA) is 58.0 Å². The van der Waals surface area contributed by atoms with Gasteiger partial charge in [0, 0.05) is 12.6 Å². The molecule has 0 saturated heterocycles. The first-order valence-corrected chi connectivity index (χ1v) is 4.62. The van der Waals surface area contributed by atoms with E-state index in [1.807, 2.05) is 0 Å². The number of hydrogen-bond acceptors (Lipinski definition) is 4. The zero-order chi connectivity index (χ0) is 10.0. The Balaban J connectivity index is 1.91. The van der Waals surface area contributed by atoms with Crippen LogP contribution in [0.1, 0.15) is 19.3 Å². The van der Waals surface area contributed by atoms with Crippen LogP contribution in [0, 0.1) is 5.95 Å². The molecule has 0 aromatic carbocycles. The Labute approximate surface area is 81.2 Å². The first-order valence-electron chi connectivity index (χ1n) is 4.62. The van der Waals surface area contributed by atoms with E-state index in [2.05, 4.69) is 15.3 Å². The van der Waals surface area contributed by atoms with Gasteiger partial charge in [-0.1, -0.05) is 0 Å². The molecule has 0 amide bonds. The minimum atomic E-state index is -0.624. The van der Waals surface area contributed by atoms with E-state index < -0.39 is 11.5 Å². The molecule has 0 bridgehead atoms. The van der Waals surface area contributed by atoms with Crippen molar-refractivity contribution in [3.63, 3.8) is 0 Å². The van der Waals surface area contributed by atoms with Gasteiger partial charge in [0.05, 0.1) is 5.60 Å². The highest BCUT2D eigenvalue weighted by atomic mass is 19.1. The van der Waals surface area contributed by atoms with Crippen LogP contribution in [0.5, 0.6) is 0 Å². The number of anilines is 1. The van der Waals surface area contributed by atoms with Gasteiger partial charge in [0.25, 0.3) is 0 Å². The molecule has 0 unspecified atom stereocenters. The van der Waals surface area contributed by atoms with E-state index in [9.17, 15) is 9.50 Å². The zero-order valence-corrected chi connectivity index (χ0v) is 7.70. The smallest absolute Gasteiger partial charge is 0.217 e. The maximum Gasteiger partial charge on any atom is 0.217 e. The van der Waals surface area contributed by atoms with Gasteiger partial charge >= 0.3 is 0 Å². The summed E-state index contributed by atoms with van der Waals surface area (Å²) in [6, 6.07) is 1.21. The summed E-state index contributed by atoms with van der Waals surface area (Å²) in [7, 11) is 0. The van der Waals surface area contributed by atoms with Crippen molar-refractivity contribution in [1.82, 2.24) is 9.97 Å². The monoisotopic (exact) mass is 197 g/mol. The molecule has 76 valence electrons. The normalized spacial score (nSPS) is 18.7. The van der Waals surface area contributed by atoms with Crippen molar-refractivity contribution < 1.29 is 9.50 Å². The summed E-state index contributed by atoms with van der Waals surface area (Å²) in [6.45, 7) is 0.420. The molecule has 1 aliphatic carbocycles. The van der Waals surface area contributed by atoms with Crippen LogP contribution in [-0.4, -0.2) is 27.2 Å². The van der Waals surface area contributed by atoms with Gasteiger partial charge in [0.2, 0.25) is 5.95 Å². The summed E-state index contributed by atoms with van der Waals surface area (Å²) in [5.41, 5.74) is -0.624. The van der Waals surface area contributed by atoms with Crippen LogP contribution < -0.4 is 5.32 Å². The van der Waals surface area contributed by atoms with E-state index in [1.54, 1.807) is 0 Å². The molecule has 4 nitrogen and oxygen atoms in total. The summed E-state index contributed by atoms with van der Waals surface area (Å²) in [5, 5.41) is 12.6. The maximum atomic E-state index is 12.6. The van der Waals surface area contributed by atoms with Crippen molar-refractivity contribution in [2.45, 2.75) is 24.9 Å². The second-order valence-electron chi connectivity index (χ2n) is 3.66. The van der Waals surface area contributed by atoms with Gasteiger partial charge in [-0.05, 0) is 19.3 Å². The molecule has 5 heteroatoms. The second-order valence-corrected chi connectivity index (χ2v) is 3.66. The number of nitrogens with one attached hydrogen (secondary N) is 1. The molecule has 1 fully saturated rings. The van der Waals surface area contributed by atoms with Gasteiger partial charge < -0.3 is 10.4 Å². The first-order chi connectivity index (χ1) is 6.68. The molecule has 0 atom stereocenters. The summed E-state index contributed by atoms with van der Waals surface area (Å²) in [6.07, 6.45) is 3.81. The minimum Gasteiger partial charge on any atom is -0.388 e. The third-order valence-corrected chi connectivity index (χ3v) is 2.52. The van der Waals surface area contributed by atoms with Gasteiger partial charge in [-0.2, -0.15) is 4.39 Å². The fraction of sp³-hybridized carbons (Fsp3) is 0.556. The van der Waals surface area contributed by atoms with Crippen molar-refractivity contribution >= 4 is 5.82 Å². The Morgan fingerprint density at radius 1 is 1.50 bits per heavy atom. The van der Waals surface area contributed by atoms with E-state index in [-0.39, 0.29) is 0 Å². The van der Waals surface area contributed by atoms with Crippen molar-refractivity contribution in [3.05, 3.63) is 18.3 Å². The van der Waals surface area contributed by atoms with Crippen molar-refractivity contribution in [2.24, 2.45) is 0 Å². The van der Waals surface area contributed by atoms with Crippen LogP contribution in [0.15, 0.2) is 12.4 Å². The number of nitrogens with zero attached hydrogens (tertiary/aromatic N) is 2. The lowest BCUT2D eigenvalue weighted by Gasteiger charge is -2.36. The Morgan fingerprint density at radius 3 is 2.86 bits per heavy atom. The number of hydrogen-bond donors (Lipinski definition) is 2. The van der Waals surface area contributed by atoms with Crippen LogP contribution in [0.2, 0.25) is 0 Å². The van der Waals surface area contributed by atoms with Gasteiger partial charge in [-0.3, -0.25) is 0 Å². The molecule has 2 N–H and O–H groups in total. The van der Waals surface area contributed by atoms with Crippen molar-refractivity contribution in [1.29, 1.82) is 0 Å². The molecular weight excluding hydrogens is 185 g/mol. The van der Waals surface area contributed by atoms with Crippen LogP contribution in [0.3, 0.4) is 0 Å². The Kier molecular flexibility index (Phi) is 2.33. The lowest BCUT2D eigenvalue weighted by molar-refractivity contribution is -0.0202. The highest BCUT2D eigenvalue weighted by Gasteiger charge is 2.33. The van der Waals surface area contributed by atoms with E-state index in [0.717, 1.165) is 25.6 Å². The maximum absolute atomic E-state index is 12.6. The molecule has 0 aliphatic heterocycles. The molecule has 1 saturated carbocycles. The fourth-order valence-corrected chi connectivity index (χ4v) is 1.45. The first kappa shape index (κ1) is 9.33. The third kappa shape index (κ3) is 1.98. The average Bonchev–Trinajstić information content (AvgIpc) is 2.12. The molecule has 2 rings (SSSR count). The lowest BCUT2D eigenvalue weighted by Crippen LogP contribution is -2.43. The predicted molar refractivity (Wildman–Crippen MR) is 49.3 cm³/mol. The summed E-state index contributed by atoms with van der Waals surface area (Å²) < 4.78 is 12.6. The van der Waals surface area contributed by atoms with E-state index in [4.69, 9.17) is 0 Å². The molecule has 1 heterocycles. The van der Waals surface area contributed by atoms with E-state index in [1.165, 1.54) is 6.07 Å². The predicted octanol–water partition coefficient (Wildman–Crippen LogP) is 0.943. The zero-order valence-electron chi connectivity index (χ0n) is 7.70. The third-order valence-electron chi connectivity index (χ3n) is 2.52. The van der Waals surface area contributed by atoms with Gasteiger partial charge in [-0.25, -0.2) is 9.97 Å². The average molecular weight is 197 g/mol. The molecular formula is C9H12FN3O. The highest BCUT2D eigenvalue weighted by Crippen LogP contribution is 2.31. The number of rotatable bonds is 3. The SMILES string of the molecule is OC1(CNc2cc(F)ncn2)CCC1. The van der Waals surface area contributed by atoms with Crippen LogP contribution in [0.25, 0.3) is 0 Å². The highest BCUT2D eigenvalue weighted by molar-refractivity contribution is 5.32. The van der Waals surface area contributed by atoms with Crippen LogP contribution >= 0.6 is 0 Å². The van der Waals surface area contributed by atoms with Gasteiger partial charge in [0.15, 0.2) is 0 Å². The second kappa shape index (κ2) is 3.49. The summed E-state index contributed by atoms with van der Waals surface area (Å²) in [4.78, 5) is 7.17.